The van der Waals surface area contributed by atoms with Crippen molar-refractivity contribution in [3.8, 4) is 0 Å². The molecule has 0 spiro atoms. The summed E-state index contributed by atoms with van der Waals surface area (Å²) >= 11 is 1.73. The molecule has 0 amide bonds. The van der Waals surface area contributed by atoms with Crippen molar-refractivity contribution in [2.75, 3.05) is 0 Å². The van der Waals surface area contributed by atoms with Gasteiger partial charge in [-0.25, -0.2) is 8.78 Å². The standard InChI is InChI=1S/C6H4F2IN/c7-3-5-6(9)4(8)1-2-10-5/h1-2H,3H2. The number of aromatic nitrogens is 1. The van der Waals surface area contributed by atoms with Gasteiger partial charge in [-0.3, -0.25) is 4.98 Å². The Labute approximate surface area is 70.6 Å². The van der Waals surface area contributed by atoms with Gasteiger partial charge in [-0.1, -0.05) is 0 Å². The molecule has 1 rings (SSSR count). The average Bonchev–Trinajstić information content (AvgIpc) is 1.95. The molecule has 0 aliphatic rings. The number of nitrogens with zero attached hydrogens (tertiary/aromatic N) is 1. The number of hydrogen-bond acceptors (Lipinski definition) is 1. The largest absolute Gasteiger partial charge is 0.257 e. The maximum Gasteiger partial charge on any atom is 0.140 e. The molecule has 0 fully saturated rings. The Kier molecular flexibility index (Phi) is 2.53. The third-order valence-corrected chi connectivity index (χ3v) is 2.18. The fraction of sp³-hybridized carbons (Fsp3) is 0.167. The van der Waals surface area contributed by atoms with Gasteiger partial charge in [-0.15, -0.1) is 0 Å². The average molecular weight is 255 g/mol. The van der Waals surface area contributed by atoms with Crippen molar-refractivity contribution in [2.24, 2.45) is 0 Å². The van der Waals surface area contributed by atoms with Crippen LogP contribution in [-0.4, -0.2) is 4.98 Å². The molecule has 1 heterocycles. The Hall–Kier alpha value is -0.260. The summed E-state index contributed by atoms with van der Waals surface area (Å²) in [6, 6.07) is 1.21. The summed E-state index contributed by atoms with van der Waals surface area (Å²) in [6.07, 6.45) is 1.26. The van der Waals surface area contributed by atoms with Crippen LogP contribution in [0, 0.1) is 9.39 Å². The third-order valence-electron chi connectivity index (χ3n) is 1.04. The molecule has 54 valence electrons. The van der Waals surface area contributed by atoms with Gasteiger partial charge in [0, 0.05) is 6.20 Å². The first-order chi connectivity index (χ1) is 4.75. The van der Waals surface area contributed by atoms with Crippen molar-refractivity contribution in [3.05, 3.63) is 27.3 Å². The molecule has 1 aromatic rings. The monoisotopic (exact) mass is 255 g/mol. The molecule has 0 unspecified atom stereocenters. The van der Waals surface area contributed by atoms with Gasteiger partial charge >= 0.3 is 0 Å². The fourth-order valence-electron chi connectivity index (χ4n) is 0.554. The van der Waals surface area contributed by atoms with E-state index in [1.54, 1.807) is 22.6 Å². The highest BCUT2D eigenvalue weighted by molar-refractivity contribution is 14.1. The SMILES string of the molecule is FCc1nccc(F)c1I. The van der Waals surface area contributed by atoms with Crippen molar-refractivity contribution in [3.63, 3.8) is 0 Å². The highest BCUT2D eigenvalue weighted by atomic mass is 127. The van der Waals surface area contributed by atoms with Gasteiger partial charge in [-0.05, 0) is 28.7 Å². The smallest absolute Gasteiger partial charge is 0.140 e. The molecule has 0 atom stereocenters. The van der Waals surface area contributed by atoms with Crippen LogP contribution in [0.4, 0.5) is 8.78 Å². The first-order valence-corrected chi connectivity index (χ1v) is 3.68. The number of rotatable bonds is 1. The lowest BCUT2D eigenvalue weighted by atomic mass is 10.4. The van der Waals surface area contributed by atoms with Gasteiger partial charge in [0.25, 0.3) is 0 Å². The minimum Gasteiger partial charge on any atom is -0.257 e. The summed E-state index contributed by atoms with van der Waals surface area (Å²) in [7, 11) is 0. The molecular formula is C6H4F2IN. The number of alkyl halides is 1. The van der Waals surface area contributed by atoms with Crippen molar-refractivity contribution < 1.29 is 8.78 Å². The molecule has 0 saturated heterocycles. The molecule has 1 aromatic heterocycles. The van der Waals surface area contributed by atoms with Crippen LogP contribution in [0.3, 0.4) is 0 Å². The summed E-state index contributed by atoms with van der Waals surface area (Å²) in [5, 5.41) is 0. The van der Waals surface area contributed by atoms with Crippen molar-refractivity contribution >= 4 is 22.6 Å². The van der Waals surface area contributed by atoms with Gasteiger partial charge in [0.1, 0.15) is 12.5 Å². The van der Waals surface area contributed by atoms with E-state index in [0.717, 1.165) is 0 Å². The lowest BCUT2D eigenvalue weighted by Gasteiger charge is -1.96. The maximum absolute atomic E-state index is 12.6. The van der Waals surface area contributed by atoms with Crippen LogP contribution in [0.5, 0.6) is 0 Å². The highest BCUT2D eigenvalue weighted by Gasteiger charge is 2.04. The van der Waals surface area contributed by atoms with E-state index in [-0.39, 0.29) is 9.26 Å². The Balaban J connectivity index is 3.14. The number of pyridine rings is 1. The summed E-state index contributed by atoms with van der Waals surface area (Å²) in [4.78, 5) is 3.64. The zero-order chi connectivity index (χ0) is 7.56. The molecular weight excluding hydrogens is 251 g/mol. The van der Waals surface area contributed by atoms with E-state index in [1.807, 2.05) is 0 Å². The second-order valence-electron chi connectivity index (χ2n) is 1.69. The molecule has 4 heteroatoms. The highest BCUT2D eigenvalue weighted by Crippen LogP contribution is 2.13. The van der Waals surface area contributed by atoms with E-state index < -0.39 is 12.5 Å². The maximum atomic E-state index is 12.6. The summed E-state index contributed by atoms with van der Waals surface area (Å²) in [5.41, 5.74) is 0.167. The second-order valence-corrected chi connectivity index (χ2v) is 2.77. The molecule has 0 bridgehead atoms. The molecule has 0 aliphatic carbocycles. The Bertz CT molecular complexity index is 239. The topological polar surface area (TPSA) is 12.9 Å². The minimum absolute atomic E-state index is 0.167. The third kappa shape index (κ3) is 1.42. The van der Waals surface area contributed by atoms with Crippen LogP contribution in [-0.2, 0) is 6.67 Å². The molecule has 0 N–H and O–H groups in total. The van der Waals surface area contributed by atoms with E-state index in [9.17, 15) is 8.78 Å². The van der Waals surface area contributed by atoms with Gasteiger partial charge in [0.15, 0.2) is 0 Å². The van der Waals surface area contributed by atoms with Crippen LogP contribution in [0.15, 0.2) is 12.3 Å². The number of hydrogen-bond donors (Lipinski definition) is 0. The molecule has 0 aromatic carbocycles. The van der Waals surface area contributed by atoms with Gasteiger partial charge in [-0.2, -0.15) is 0 Å². The van der Waals surface area contributed by atoms with Crippen LogP contribution >= 0.6 is 22.6 Å². The van der Waals surface area contributed by atoms with E-state index in [0.29, 0.717) is 0 Å². The lowest BCUT2D eigenvalue weighted by Crippen LogP contribution is -1.92. The van der Waals surface area contributed by atoms with Gasteiger partial charge in [0.05, 0.1) is 9.26 Å². The zero-order valence-electron chi connectivity index (χ0n) is 4.94. The van der Waals surface area contributed by atoms with E-state index >= 15 is 0 Å². The fourth-order valence-corrected chi connectivity index (χ4v) is 1.02. The Morgan fingerprint density at radius 3 is 2.80 bits per heavy atom. The van der Waals surface area contributed by atoms with Crippen molar-refractivity contribution in [1.29, 1.82) is 0 Å². The van der Waals surface area contributed by atoms with Gasteiger partial charge in [0.2, 0.25) is 0 Å². The van der Waals surface area contributed by atoms with Crippen LogP contribution < -0.4 is 0 Å². The molecule has 0 aliphatic heterocycles. The van der Waals surface area contributed by atoms with Crippen LogP contribution in [0.25, 0.3) is 0 Å². The Morgan fingerprint density at radius 1 is 1.60 bits per heavy atom. The second kappa shape index (κ2) is 3.23. The van der Waals surface area contributed by atoms with E-state index in [2.05, 4.69) is 4.98 Å². The van der Waals surface area contributed by atoms with Gasteiger partial charge < -0.3 is 0 Å². The molecule has 1 nitrogen and oxygen atoms in total. The quantitative estimate of drug-likeness (QED) is 0.701. The van der Waals surface area contributed by atoms with Crippen LogP contribution in [0.1, 0.15) is 5.69 Å². The first kappa shape index (κ1) is 7.84. The number of halogens is 3. The molecule has 0 radical (unpaired) electrons. The van der Waals surface area contributed by atoms with Crippen molar-refractivity contribution in [1.82, 2.24) is 4.98 Å². The Morgan fingerprint density at radius 2 is 2.30 bits per heavy atom. The molecule has 10 heavy (non-hydrogen) atoms. The summed E-state index contributed by atoms with van der Waals surface area (Å²) < 4.78 is 24.8. The summed E-state index contributed by atoms with van der Waals surface area (Å²) in [5.74, 6) is -0.414. The zero-order valence-corrected chi connectivity index (χ0v) is 7.10. The van der Waals surface area contributed by atoms with E-state index in [1.165, 1.54) is 12.3 Å². The molecule has 0 saturated carbocycles. The summed E-state index contributed by atoms with van der Waals surface area (Å²) in [6.45, 7) is -0.712. The first-order valence-electron chi connectivity index (χ1n) is 2.60. The van der Waals surface area contributed by atoms with Crippen LogP contribution in [0.2, 0.25) is 0 Å². The minimum atomic E-state index is -0.712. The van der Waals surface area contributed by atoms with Crippen molar-refractivity contribution in [2.45, 2.75) is 6.67 Å². The predicted molar refractivity (Wildman–Crippen MR) is 41.7 cm³/mol. The van der Waals surface area contributed by atoms with E-state index in [4.69, 9.17) is 0 Å². The lowest BCUT2D eigenvalue weighted by molar-refractivity contribution is 0.469. The predicted octanol–water partition coefficient (Wildman–Crippen LogP) is 2.29. The normalized spacial score (nSPS) is 9.90.